The van der Waals surface area contributed by atoms with Crippen molar-refractivity contribution >= 4 is 11.7 Å². The fourth-order valence-electron chi connectivity index (χ4n) is 4.47. The maximum absolute atomic E-state index is 11.8. The normalized spacial score (nSPS) is 22.8. The summed E-state index contributed by atoms with van der Waals surface area (Å²) in [6, 6.07) is 0.865. The van der Waals surface area contributed by atoms with Gasteiger partial charge in [0.05, 0.1) is 24.6 Å². The van der Waals surface area contributed by atoms with Crippen LogP contribution in [-0.2, 0) is 4.74 Å². The number of piperidine rings is 2. The van der Waals surface area contributed by atoms with Gasteiger partial charge >= 0.3 is 0 Å². The Labute approximate surface area is 167 Å². The van der Waals surface area contributed by atoms with Crippen molar-refractivity contribution in [2.45, 2.75) is 70.1 Å². The molecule has 154 valence electrons. The van der Waals surface area contributed by atoms with E-state index in [1.165, 1.54) is 45.2 Å². The molecule has 0 aromatic carbocycles. The third kappa shape index (κ3) is 4.63. The highest BCUT2D eigenvalue weighted by atomic mass is 16.5. The Kier molecular flexibility index (Phi) is 6.42. The third-order valence-corrected chi connectivity index (χ3v) is 6.43. The van der Waals surface area contributed by atoms with Crippen LogP contribution < -0.4 is 10.2 Å². The van der Waals surface area contributed by atoms with Crippen molar-refractivity contribution in [1.29, 1.82) is 0 Å². The zero-order valence-corrected chi connectivity index (χ0v) is 17.0. The van der Waals surface area contributed by atoms with Crippen LogP contribution in [0.1, 0.15) is 62.4 Å². The fourth-order valence-corrected chi connectivity index (χ4v) is 4.47. The molecule has 4 rings (SSSR count). The maximum Gasteiger partial charge on any atom is 0.271 e. The Morgan fingerprint density at radius 3 is 2.25 bits per heavy atom. The van der Waals surface area contributed by atoms with Gasteiger partial charge in [-0.05, 0) is 45.4 Å². The molecule has 3 fully saturated rings. The summed E-state index contributed by atoms with van der Waals surface area (Å²) in [5, 5.41) is 2.75. The summed E-state index contributed by atoms with van der Waals surface area (Å²) in [6.45, 7) is 6.77. The van der Waals surface area contributed by atoms with Crippen molar-refractivity contribution in [1.82, 2.24) is 20.2 Å². The minimum Gasteiger partial charge on any atom is -0.375 e. The van der Waals surface area contributed by atoms with Gasteiger partial charge in [-0.3, -0.25) is 4.79 Å². The van der Waals surface area contributed by atoms with Gasteiger partial charge in [-0.15, -0.1) is 0 Å². The number of nitrogens with one attached hydrogen (secondary N) is 1. The van der Waals surface area contributed by atoms with Gasteiger partial charge in [-0.25, -0.2) is 9.97 Å². The molecule has 2 saturated heterocycles. The summed E-state index contributed by atoms with van der Waals surface area (Å²) in [5.74, 6) is 0.678. The highest BCUT2D eigenvalue weighted by Crippen LogP contribution is 2.29. The second-order valence-corrected chi connectivity index (χ2v) is 8.26. The van der Waals surface area contributed by atoms with E-state index in [0.29, 0.717) is 24.4 Å². The van der Waals surface area contributed by atoms with Gasteiger partial charge in [0.25, 0.3) is 5.91 Å². The molecule has 0 bridgehead atoms. The first-order valence-corrected chi connectivity index (χ1v) is 11.0. The van der Waals surface area contributed by atoms with Crippen molar-refractivity contribution < 1.29 is 9.53 Å². The predicted molar refractivity (Wildman–Crippen MR) is 109 cm³/mol. The molecule has 1 amide bonds. The lowest BCUT2D eigenvalue weighted by atomic mass is 9.89. The number of carbonyl (C=O) groups is 1. The number of anilines is 1. The molecular formula is C21H33N5O2. The summed E-state index contributed by atoms with van der Waals surface area (Å²) in [6.07, 6.45) is 12.7. The minimum atomic E-state index is -0.169. The molecule has 28 heavy (non-hydrogen) atoms. The third-order valence-electron chi connectivity index (χ3n) is 6.43. The van der Waals surface area contributed by atoms with Crippen LogP contribution in [0.4, 0.5) is 5.82 Å². The Hall–Kier alpha value is -1.73. The van der Waals surface area contributed by atoms with E-state index in [0.717, 1.165) is 37.8 Å². The number of rotatable bonds is 6. The average Bonchev–Trinajstić information content (AvgIpc) is 2.69. The van der Waals surface area contributed by atoms with Crippen molar-refractivity contribution in [3.05, 3.63) is 18.1 Å². The topological polar surface area (TPSA) is 70.6 Å². The molecule has 0 radical (unpaired) electrons. The Morgan fingerprint density at radius 1 is 1.04 bits per heavy atom. The highest BCUT2D eigenvalue weighted by molar-refractivity contribution is 5.91. The van der Waals surface area contributed by atoms with Crippen molar-refractivity contribution in [3.63, 3.8) is 0 Å². The summed E-state index contributed by atoms with van der Waals surface area (Å²) in [5.41, 5.74) is 0.372. The van der Waals surface area contributed by atoms with Crippen LogP contribution in [0, 0.1) is 0 Å². The second kappa shape index (κ2) is 9.18. The van der Waals surface area contributed by atoms with E-state index in [-0.39, 0.29) is 5.91 Å². The van der Waals surface area contributed by atoms with Crippen LogP contribution in [0.25, 0.3) is 0 Å². The van der Waals surface area contributed by atoms with E-state index in [4.69, 9.17) is 4.74 Å². The predicted octanol–water partition coefficient (Wildman–Crippen LogP) is 2.23. The van der Waals surface area contributed by atoms with Gasteiger partial charge in [-0.2, -0.15) is 0 Å². The number of hydrogen-bond acceptors (Lipinski definition) is 6. The minimum absolute atomic E-state index is 0.169. The Balaban J connectivity index is 1.20. The molecule has 7 nitrogen and oxygen atoms in total. The first-order chi connectivity index (χ1) is 13.7. The maximum atomic E-state index is 11.8. The number of likely N-dealkylation sites (tertiary alicyclic amines) is 1. The molecule has 2 aliphatic heterocycles. The molecule has 1 saturated carbocycles. The van der Waals surface area contributed by atoms with Crippen LogP contribution in [0.15, 0.2) is 12.4 Å². The number of aromatic nitrogens is 2. The molecule has 1 N–H and O–H groups in total. The smallest absolute Gasteiger partial charge is 0.271 e. The van der Waals surface area contributed by atoms with E-state index in [1.807, 2.05) is 6.92 Å². The van der Waals surface area contributed by atoms with Gasteiger partial charge in [0.1, 0.15) is 11.5 Å². The summed E-state index contributed by atoms with van der Waals surface area (Å²) in [7, 11) is 0. The first kappa shape index (κ1) is 19.6. The number of nitrogens with zero attached hydrogens (tertiary/aromatic N) is 4. The second-order valence-electron chi connectivity index (χ2n) is 8.26. The lowest BCUT2D eigenvalue weighted by Gasteiger charge is -2.42. The quantitative estimate of drug-likeness (QED) is 0.807. The Morgan fingerprint density at radius 2 is 1.71 bits per heavy atom. The fraction of sp³-hybridized carbons (Fsp3) is 0.762. The van der Waals surface area contributed by atoms with Gasteiger partial charge in [0.2, 0.25) is 0 Å². The number of amides is 1. The van der Waals surface area contributed by atoms with E-state index in [2.05, 4.69) is 25.1 Å². The zero-order valence-electron chi connectivity index (χ0n) is 17.0. The molecule has 0 unspecified atom stereocenters. The van der Waals surface area contributed by atoms with E-state index < -0.39 is 0 Å². The molecule has 7 heteroatoms. The van der Waals surface area contributed by atoms with Crippen LogP contribution >= 0.6 is 0 Å². The average molecular weight is 388 g/mol. The van der Waals surface area contributed by atoms with Crippen LogP contribution in [0.3, 0.4) is 0 Å². The molecule has 3 heterocycles. The molecule has 0 atom stereocenters. The number of carbonyl (C=O) groups excluding carboxylic acids is 1. The number of hydrogen-bond donors (Lipinski definition) is 1. The molecular weight excluding hydrogens is 354 g/mol. The molecule has 1 aromatic heterocycles. The van der Waals surface area contributed by atoms with E-state index >= 15 is 0 Å². The molecule has 1 aromatic rings. The SMILES string of the molecule is CCNC(=O)c1cnc(N2CCC(OC3CCN(C4CCC4)CC3)CC2)cn1. The monoisotopic (exact) mass is 387 g/mol. The molecule has 0 spiro atoms. The van der Waals surface area contributed by atoms with Crippen LogP contribution in [0.2, 0.25) is 0 Å². The first-order valence-electron chi connectivity index (χ1n) is 11.0. The molecule has 3 aliphatic rings. The summed E-state index contributed by atoms with van der Waals surface area (Å²) in [4.78, 5) is 25.4. The highest BCUT2D eigenvalue weighted by Gasteiger charge is 2.31. The van der Waals surface area contributed by atoms with E-state index in [1.54, 1.807) is 12.4 Å². The lowest BCUT2D eigenvalue weighted by molar-refractivity contribution is -0.0598. The largest absolute Gasteiger partial charge is 0.375 e. The summed E-state index contributed by atoms with van der Waals surface area (Å²) < 4.78 is 6.43. The van der Waals surface area contributed by atoms with Crippen molar-refractivity contribution in [2.24, 2.45) is 0 Å². The van der Waals surface area contributed by atoms with Crippen molar-refractivity contribution in [2.75, 3.05) is 37.6 Å². The van der Waals surface area contributed by atoms with Gasteiger partial charge in [0, 0.05) is 38.8 Å². The Bertz CT molecular complexity index is 633. The zero-order chi connectivity index (χ0) is 19.3. The number of ether oxygens (including phenoxy) is 1. The standard InChI is InChI=1S/C21H33N5O2/c1-2-22-21(27)19-14-24-20(15-23-19)26-12-8-18(9-13-26)28-17-6-10-25(11-7-17)16-4-3-5-16/h14-18H,2-13H2,1H3,(H,22,27). The van der Waals surface area contributed by atoms with E-state index in [9.17, 15) is 4.79 Å². The molecule has 1 aliphatic carbocycles. The van der Waals surface area contributed by atoms with Gasteiger partial charge in [-0.1, -0.05) is 6.42 Å². The van der Waals surface area contributed by atoms with Crippen molar-refractivity contribution in [3.8, 4) is 0 Å². The van der Waals surface area contributed by atoms with Gasteiger partial charge < -0.3 is 19.9 Å². The van der Waals surface area contributed by atoms with Crippen LogP contribution in [0.5, 0.6) is 0 Å². The van der Waals surface area contributed by atoms with Gasteiger partial charge in [0.15, 0.2) is 0 Å². The lowest BCUT2D eigenvalue weighted by Crippen LogP contribution is -2.47. The van der Waals surface area contributed by atoms with Crippen LogP contribution in [-0.4, -0.2) is 71.7 Å². The summed E-state index contributed by atoms with van der Waals surface area (Å²) >= 11 is 0.